The van der Waals surface area contributed by atoms with Crippen molar-refractivity contribution in [1.82, 2.24) is 9.55 Å². The van der Waals surface area contributed by atoms with Gasteiger partial charge in [-0.25, -0.2) is 13.7 Å². The Balaban J connectivity index is 0.000000520. The Kier molecular flexibility index (Phi) is 8.54. The summed E-state index contributed by atoms with van der Waals surface area (Å²) in [5, 5.41) is 0. The van der Waals surface area contributed by atoms with Crippen LogP contribution in [0, 0.1) is 6.92 Å². The molecule has 2 rings (SSSR count). The molecule has 0 aliphatic heterocycles. The number of nitrogens with two attached hydrogens (primary N) is 1. The molecule has 0 aliphatic carbocycles. The number of anilines is 1. The number of halogens is 8. The fourth-order valence-electron chi connectivity index (χ4n) is 1.63. The van der Waals surface area contributed by atoms with Crippen LogP contribution in [0.25, 0.3) is 0 Å². The van der Waals surface area contributed by atoms with Crippen molar-refractivity contribution in [2.45, 2.75) is 13.5 Å². The number of nitrogen functional groups attached to an aromatic ring is 1. The van der Waals surface area contributed by atoms with E-state index in [4.69, 9.17) is 5.73 Å². The van der Waals surface area contributed by atoms with Crippen molar-refractivity contribution in [3.63, 3.8) is 0 Å². The summed E-state index contributed by atoms with van der Waals surface area (Å²) in [4.78, 5) is 4.30. The lowest BCUT2D eigenvalue weighted by Crippen LogP contribution is -2.34. The number of nitrogens with zero attached hydrogens (tertiary/aromatic N) is 4. The van der Waals surface area contributed by atoms with E-state index >= 15 is 0 Å². The van der Waals surface area contributed by atoms with Crippen LogP contribution in [0.1, 0.15) is 11.4 Å². The molecule has 148 valence electrons. The molecule has 26 heavy (non-hydrogen) atoms. The second-order valence-electron chi connectivity index (χ2n) is 5.05. The third-order valence-corrected chi connectivity index (χ3v) is 2.65. The summed E-state index contributed by atoms with van der Waals surface area (Å²) in [5.74, 6) is 1.52. The predicted molar refractivity (Wildman–Crippen MR) is 79.6 cm³/mol. The van der Waals surface area contributed by atoms with Gasteiger partial charge in [0.25, 0.3) is 5.82 Å². The zero-order chi connectivity index (χ0) is 20.7. The van der Waals surface area contributed by atoms with Crippen molar-refractivity contribution in [2.75, 3.05) is 5.73 Å². The van der Waals surface area contributed by atoms with Gasteiger partial charge >= 0.3 is 14.5 Å². The highest BCUT2D eigenvalue weighted by atomic mass is 19.5. The molecule has 0 aromatic carbocycles. The van der Waals surface area contributed by atoms with Crippen molar-refractivity contribution in [3.8, 4) is 0 Å². The first-order valence-corrected chi connectivity index (χ1v) is 6.93. The number of aromatic nitrogens is 4. The van der Waals surface area contributed by atoms with E-state index < -0.39 is 14.5 Å². The first-order valence-electron chi connectivity index (χ1n) is 6.93. The monoisotopic (exact) mass is 393 g/mol. The Labute approximate surface area is 144 Å². The molecule has 0 saturated heterocycles. The van der Waals surface area contributed by atoms with E-state index in [-0.39, 0.29) is 0 Å². The molecule has 0 amide bonds. The molecule has 2 N–H and O–H groups in total. The quantitative estimate of drug-likeness (QED) is 0.483. The molecule has 2 aromatic heterocycles. The molecule has 0 radical (unpaired) electrons. The summed E-state index contributed by atoms with van der Waals surface area (Å²) in [6.45, 7) is 2.68. The Hall–Kier alpha value is -2.34. The second kappa shape index (κ2) is 9.38. The standard InChI is InChI=1S/C11H16N5.2BF4/c1-9-13-11(12)10(6-15(9)3)7-16-5-4-14(2)8-16;2*2-1(3,4)5/h4-6,8,12H,7H2,1-3H3;;/q+1;2*-1/p+1. The predicted octanol–water partition coefficient (Wildman–Crippen LogP) is 2.07. The Bertz CT molecular complexity index is 677. The average Bonchev–Trinajstić information content (AvgIpc) is 2.77. The van der Waals surface area contributed by atoms with E-state index in [0.717, 1.165) is 17.9 Å². The first kappa shape index (κ1) is 23.7. The van der Waals surface area contributed by atoms with Gasteiger partial charge in [-0.3, -0.25) is 0 Å². The maximum absolute atomic E-state index is 9.75. The van der Waals surface area contributed by atoms with Gasteiger partial charge < -0.3 is 40.3 Å². The Morgan fingerprint density at radius 2 is 1.50 bits per heavy atom. The van der Waals surface area contributed by atoms with Crippen molar-refractivity contribution in [1.29, 1.82) is 0 Å². The summed E-state index contributed by atoms with van der Waals surface area (Å²) in [6.07, 6.45) is 8.05. The number of hydrogen-bond acceptors (Lipinski definition) is 2. The number of rotatable bonds is 2. The largest absolute Gasteiger partial charge is 0.673 e. The van der Waals surface area contributed by atoms with Crippen LogP contribution in [0.5, 0.6) is 0 Å². The highest BCUT2D eigenvalue weighted by Crippen LogP contribution is 2.08. The van der Waals surface area contributed by atoms with Crippen LogP contribution in [-0.4, -0.2) is 24.1 Å². The average molecular weight is 393 g/mol. The van der Waals surface area contributed by atoms with Gasteiger partial charge in [-0.1, -0.05) is 0 Å². The summed E-state index contributed by atoms with van der Waals surface area (Å²) in [6, 6.07) is 0. The fourth-order valence-corrected chi connectivity index (χ4v) is 1.63. The zero-order valence-corrected chi connectivity index (χ0v) is 14.1. The molecule has 0 bridgehead atoms. The minimum atomic E-state index is -6.00. The van der Waals surface area contributed by atoms with Crippen LogP contribution in [0.4, 0.5) is 40.3 Å². The van der Waals surface area contributed by atoms with Gasteiger partial charge in [0.2, 0.25) is 12.1 Å². The first-order chi connectivity index (χ1) is 11.6. The fraction of sp³-hybridized carbons (Fsp3) is 0.364. The van der Waals surface area contributed by atoms with Gasteiger partial charge in [-0.05, 0) is 4.98 Å². The lowest BCUT2D eigenvalue weighted by atomic mass is 10.3. The maximum Gasteiger partial charge on any atom is 0.673 e. The minimum Gasteiger partial charge on any atom is -0.418 e. The van der Waals surface area contributed by atoms with Crippen molar-refractivity contribution < 1.29 is 43.7 Å². The summed E-state index contributed by atoms with van der Waals surface area (Å²) < 4.78 is 84.1. The molecule has 0 unspecified atom stereocenters. The van der Waals surface area contributed by atoms with Gasteiger partial charge in [0, 0.05) is 6.92 Å². The summed E-state index contributed by atoms with van der Waals surface area (Å²) >= 11 is 0. The molecule has 0 spiro atoms. The molecule has 5 nitrogen and oxygen atoms in total. The Morgan fingerprint density at radius 1 is 1.04 bits per heavy atom. The maximum atomic E-state index is 9.75. The van der Waals surface area contributed by atoms with Gasteiger partial charge in [-0.2, -0.15) is 0 Å². The van der Waals surface area contributed by atoms with E-state index in [1.807, 2.05) is 55.1 Å². The minimum absolute atomic E-state index is 0.604. The third kappa shape index (κ3) is 13.0. The molecule has 2 aromatic rings. The van der Waals surface area contributed by atoms with Gasteiger partial charge in [-0.15, -0.1) is 0 Å². The molecule has 0 saturated carbocycles. The molecule has 0 atom stereocenters. The SMILES string of the molecule is Cc1nc(N)c(Cn2cc[n+](C)c2)c[n+]1C.F[B-](F)(F)F.F[B-](F)(F)F. The second-order valence-corrected chi connectivity index (χ2v) is 5.05. The van der Waals surface area contributed by atoms with Crippen molar-refractivity contribution in [3.05, 3.63) is 36.3 Å². The van der Waals surface area contributed by atoms with Crippen molar-refractivity contribution in [2.24, 2.45) is 14.1 Å². The molecule has 2 heterocycles. The van der Waals surface area contributed by atoms with Crippen molar-refractivity contribution >= 4 is 20.3 Å². The van der Waals surface area contributed by atoms with E-state index in [1.165, 1.54) is 0 Å². The van der Waals surface area contributed by atoms with E-state index in [0.29, 0.717) is 5.82 Å². The highest BCUT2D eigenvalue weighted by Gasteiger charge is 2.21. The van der Waals surface area contributed by atoms with E-state index in [9.17, 15) is 34.5 Å². The van der Waals surface area contributed by atoms with Gasteiger partial charge in [0.15, 0.2) is 0 Å². The van der Waals surface area contributed by atoms with Crippen LogP contribution in [0.2, 0.25) is 0 Å². The lowest BCUT2D eigenvalue weighted by molar-refractivity contribution is -0.681. The number of hydrogen-bond donors (Lipinski definition) is 1. The van der Waals surface area contributed by atoms with E-state index in [1.54, 1.807) is 0 Å². The highest BCUT2D eigenvalue weighted by molar-refractivity contribution is 6.50. The smallest absolute Gasteiger partial charge is 0.418 e. The van der Waals surface area contributed by atoms with Crippen LogP contribution >= 0.6 is 0 Å². The van der Waals surface area contributed by atoms with Gasteiger partial charge in [0.1, 0.15) is 30.7 Å². The molecule has 15 heteroatoms. The van der Waals surface area contributed by atoms with Crippen LogP contribution in [0.3, 0.4) is 0 Å². The topological polar surface area (TPSA) is 51.6 Å². The molecule has 0 fully saturated rings. The zero-order valence-electron chi connectivity index (χ0n) is 14.1. The molecule has 0 aliphatic rings. The van der Waals surface area contributed by atoms with Crippen LogP contribution in [0.15, 0.2) is 24.9 Å². The third-order valence-electron chi connectivity index (χ3n) is 2.65. The summed E-state index contributed by atoms with van der Waals surface area (Å²) in [7, 11) is -8.03. The number of imidazole rings is 1. The summed E-state index contributed by atoms with van der Waals surface area (Å²) in [5.41, 5.74) is 6.93. The van der Waals surface area contributed by atoms with E-state index in [2.05, 4.69) is 9.55 Å². The molecular weight excluding hydrogens is 376 g/mol. The molecular formula is C11H17B2F8N5. The number of aryl methyl sites for hydroxylation is 3. The lowest BCUT2D eigenvalue weighted by Gasteiger charge is -2.00. The normalized spacial score (nSPS) is 11.2. The van der Waals surface area contributed by atoms with Crippen LogP contribution in [-0.2, 0) is 20.6 Å². The van der Waals surface area contributed by atoms with Crippen LogP contribution < -0.4 is 14.9 Å². The Morgan fingerprint density at radius 3 is 1.88 bits per heavy atom. The van der Waals surface area contributed by atoms with Gasteiger partial charge in [0.05, 0.1) is 14.1 Å².